The first-order chi connectivity index (χ1) is 13.1. The highest BCUT2D eigenvalue weighted by Gasteiger charge is 2.24. The monoisotopic (exact) mass is 377 g/mol. The summed E-state index contributed by atoms with van der Waals surface area (Å²) >= 11 is 1.50. The number of nitrogens with zero attached hydrogens (tertiary/aromatic N) is 1. The normalized spacial score (nSPS) is 13.3. The molecule has 1 amide bonds. The number of carbonyl (C=O) groups is 1. The number of thiophene rings is 1. The van der Waals surface area contributed by atoms with E-state index in [-0.39, 0.29) is 5.91 Å². The molecule has 0 N–H and O–H groups in total. The number of rotatable bonds is 4. The van der Waals surface area contributed by atoms with Crippen LogP contribution in [-0.4, -0.2) is 12.5 Å². The standard InChI is InChI=1S/C23H23NO2S/c1-16-5-8-20(9-6-16)26-14-18-13-22(27-15-18)23(25)24-11-3-4-19-12-17(2)7-10-21(19)24/h5-10,12-13,15H,3-4,11,14H2,1-2H3. The van der Waals surface area contributed by atoms with Gasteiger partial charge in [0.1, 0.15) is 12.4 Å². The van der Waals surface area contributed by atoms with Crippen molar-refractivity contribution >= 4 is 22.9 Å². The Morgan fingerprint density at radius 2 is 1.85 bits per heavy atom. The minimum Gasteiger partial charge on any atom is -0.489 e. The van der Waals surface area contributed by atoms with Crippen LogP contribution in [0.2, 0.25) is 0 Å². The molecule has 0 saturated carbocycles. The van der Waals surface area contributed by atoms with Gasteiger partial charge in [-0.15, -0.1) is 11.3 Å². The van der Waals surface area contributed by atoms with Crippen LogP contribution in [0.5, 0.6) is 5.75 Å². The molecule has 1 aliphatic rings. The van der Waals surface area contributed by atoms with Gasteiger partial charge in [-0.3, -0.25) is 4.79 Å². The number of hydrogen-bond donors (Lipinski definition) is 0. The lowest BCUT2D eigenvalue weighted by molar-refractivity contribution is 0.0989. The molecule has 0 aliphatic carbocycles. The Hall–Kier alpha value is -2.59. The molecule has 3 nitrogen and oxygen atoms in total. The molecule has 1 aromatic heterocycles. The number of benzene rings is 2. The second-order valence-electron chi connectivity index (χ2n) is 7.11. The Bertz CT molecular complexity index is 959. The van der Waals surface area contributed by atoms with Gasteiger partial charge in [0.25, 0.3) is 5.91 Å². The van der Waals surface area contributed by atoms with Crippen molar-refractivity contribution in [3.63, 3.8) is 0 Å². The fraction of sp³-hybridized carbons (Fsp3) is 0.261. The third-order valence-electron chi connectivity index (χ3n) is 4.89. The number of fused-ring (bicyclic) bond motifs is 1. The van der Waals surface area contributed by atoms with E-state index in [4.69, 9.17) is 4.74 Å². The first-order valence-corrected chi connectivity index (χ1v) is 10.2. The lowest BCUT2D eigenvalue weighted by Gasteiger charge is -2.29. The smallest absolute Gasteiger partial charge is 0.268 e. The molecule has 4 heteroatoms. The first kappa shape index (κ1) is 17.8. The molecule has 0 atom stereocenters. The van der Waals surface area contributed by atoms with Crippen LogP contribution in [0, 0.1) is 13.8 Å². The van der Waals surface area contributed by atoms with Gasteiger partial charge >= 0.3 is 0 Å². The number of carbonyl (C=O) groups excluding carboxylic acids is 1. The summed E-state index contributed by atoms with van der Waals surface area (Å²) in [6.45, 7) is 5.41. The average Bonchev–Trinajstić information content (AvgIpc) is 3.15. The van der Waals surface area contributed by atoms with Crippen LogP contribution in [0.15, 0.2) is 53.9 Å². The van der Waals surface area contributed by atoms with E-state index in [2.05, 4.69) is 32.0 Å². The van der Waals surface area contributed by atoms with E-state index < -0.39 is 0 Å². The Labute approximate surface area is 164 Å². The predicted octanol–water partition coefficient (Wildman–Crippen LogP) is 5.54. The van der Waals surface area contributed by atoms with E-state index in [0.717, 1.165) is 41.3 Å². The maximum absolute atomic E-state index is 13.1. The van der Waals surface area contributed by atoms with E-state index in [9.17, 15) is 4.79 Å². The molecule has 1 aliphatic heterocycles. The molecule has 0 saturated heterocycles. The van der Waals surface area contributed by atoms with Gasteiger partial charge in [-0.1, -0.05) is 35.4 Å². The molecule has 2 aromatic carbocycles. The summed E-state index contributed by atoms with van der Waals surface area (Å²) in [5, 5.41) is 2.02. The first-order valence-electron chi connectivity index (χ1n) is 9.28. The van der Waals surface area contributed by atoms with Crippen LogP contribution < -0.4 is 9.64 Å². The SMILES string of the molecule is Cc1ccc(OCc2csc(C(=O)N3CCCc4cc(C)ccc43)c2)cc1. The van der Waals surface area contributed by atoms with Crippen LogP contribution >= 0.6 is 11.3 Å². The quantitative estimate of drug-likeness (QED) is 0.598. The second-order valence-corrected chi connectivity index (χ2v) is 8.02. The summed E-state index contributed by atoms with van der Waals surface area (Å²) < 4.78 is 5.84. The lowest BCUT2D eigenvalue weighted by atomic mass is 9.99. The van der Waals surface area contributed by atoms with E-state index in [1.165, 1.54) is 28.0 Å². The van der Waals surface area contributed by atoms with Crippen LogP contribution in [-0.2, 0) is 13.0 Å². The van der Waals surface area contributed by atoms with Gasteiger partial charge in [-0.2, -0.15) is 0 Å². The molecular weight excluding hydrogens is 354 g/mol. The van der Waals surface area contributed by atoms with Crippen molar-refractivity contribution in [3.8, 4) is 5.75 Å². The Morgan fingerprint density at radius 1 is 1.07 bits per heavy atom. The van der Waals surface area contributed by atoms with Crippen LogP contribution in [0.4, 0.5) is 5.69 Å². The third kappa shape index (κ3) is 3.91. The van der Waals surface area contributed by atoms with Gasteiger partial charge in [0.15, 0.2) is 0 Å². The van der Waals surface area contributed by atoms with Crippen molar-refractivity contribution in [2.45, 2.75) is 33.3 Å². The van der Waals surface area contributed by atoms with Gasteiger partial charge in [0.05, 0.1) is 4.88 Å². The lowest BCUT2D eigenvalue weighted by Crippen LogP contribution is -2.35. The number of aryl methyl sites for hydroxylation is 3. The molecule has 0 unspecified atom stereocenters. The van der Waals surface area contributed by atoms with Gasteiger partial charge in [-0.25, -0.2) is 0 Å². The van der Waals surface area contributed by atoms with Crippen molar-refractivity contribution in [3.05, 3.63) is 81.0 Å². The Kier molecular flexibility index (Phi) is 4.99. The molecule has 138 valence electrons. The number of anilines is 1. The number of ether oxygens (including phenoxy) is 1. The minimum atomic E-state index is 0.0892. The molecule has 0 fully saturated rings. The van der Waals surface area contributed by atoms with Crippen LogP contribution in [0.25, 0.3) is 0 Å². The maximum atomic E-state index is 13.1. The topological polar surface area (TPSA) is 29.5 Å². The van der Waals surface area contributed by atoms with Crippen molar-refractivity contribution in [2.75, 3.05) is 11.4 Å². The molecule has 0 radical (unpaired) electrons. The number of amides is 1. The zero-order chi connectivity index (χ0) is 18.8. The maximum Gasteiger partial charge on any atom is 0.268 e. The largest absolute Gasteiger partial charge is 0.489 e. The second kappa shape index (κ2) is 7.57. The molecule has 4 rings (SSSR count). The summed E-state index contributed by atoms with van der Waals surface area (Å²) in [6.07, 6.45) is 2.05. The fourth-order valence-electron chi connectivity index (χ4n) is 3.43. The van der Waals surface area contributed by atoms with Crippen molar-refractivity contribution in [1.29, 1.82) is 0 Å². The fourth-order valence-corrected chi connectivity index (χ4v) is 4.28. The van der Waals surface area contributed by atoms with Crippen LogP contribution in [0.1, 0.15) is 38.3 Å². The van der Waals surface area contributed by atoms with E-state index in [1.54, 1.807) is 0 Å². The van der Waals surface area contributed by atoms with Gasteiger partial charge < -0.3 is 9.64 Å². The van der Waals surface area contributed by atoms with Gasteiger partial charge in [-0.05, 0) is 61.9 Å². The molecule has 2 heterocycles. The molecular formula is C23H23NO2S. The molecule has 27 heavy (non-hydrogen) atoms. The van der Waals surface area contributed by atoms with Gasteiger partial charge in [0.2, 0.25) is 0 Å². The van der Waals surface area contributed by atoms with E-state index in [0.29, 0.717) is 6.61 Å². The zero-order valence-corrected chi connectivity index (χ0v) is 16.5. The number of hydrogen-bond acceptors (Lipinski definition) is 3. The van der Waals surface area contributed by atoms with Gasteiger partial charge in [0, 0.05) is 17.8 Å². The molecule has 0 bridgehead atoms. The van der Waals surface area contributed by atoms with E-state index >= 15 is 0 Å². The third-order valence-corrected chi connectivity index (χ3v) is 5.86. The van der Waals surface area contributed by atoms with Crippen molar-refractivity contribution in [1.82, 2.24) is 0 Å². The van der Waals surface area contributed by atoms with Crippen molar-refractivity contribution in [2.24, 2.45) is 0 Å². The average molecular weight is 378 g/mol. The summed E-state index contributed by atoms with van der Waals surface area (Å²) in [5.41, 5.74) is 5.82. The predicted molar refractivity (Wildman–Crippen MR) is 111 cm³/mol. The highest BCUT2D eigenvalue weighted by atomic mass is 32.1. The Morgan fingerprint density at radius 3 is 2.67 bits per heavy atom. The summed E-state index contributed by atoms with van der Waals surface area (Å²) in [4.78, 5) is 15.8. The highest BCUT2D eigenvalue weighted by Crippen LogP contribution is 2.30. The molecule has 0 spiro atoms. The summed E-state index contributed by atoms with van der Waals surface area (Å²) in [6, 6.07) is 16.3. The summed E-state index contributed by atoms with van der Waals surface area (Å²) in [5.74, 6) is 0.936. The van der Waals surface area contributed by atoms with Crippen LogP contribution in [0.3, 0.4) is 0 Å². The highest BCUT2D eigenvalue weighted by molar-refractivity contribution is 7.12. The summed E-state index contributed by atoms with van der Waals surface area (Å²) in [7, 11) is 0. The molecule has 3 aromatic rings. The minimum absolute atomic E-state index is 0.0892. The zero-order valence-electron chi connectivity index (χ0n) is 15.7. The Balaban J connectivity index is 1.47. The van der Waals surface area contributed by atoms with E-state index in [1.807, 2.05) is 40.6 Å². The van der Waals surface area contributed by atoms with Crippen molar-refractivity contribution < 1.29 is 9.53 Å².